The first-order valence-electron chi connectivity index (χ1n) is 6.10. The molecule has 98 valence electrons. The third-order valence-electron chi connectivity index (χ3n) is 2.42. The predicted octanol–water partition coefficient (Wildman–Crippen LogP) is 1.73. The Kier molecular flexibility index (Phi) is 5.36. The van der Waals surface area contributed by atoms with E-state index in [0.29, 0.717) is 6.42 Å². The van der Waals surface area contributed by atoms with Crippen LogP contribution in [0, 0.1) is 12.8 Å². The number of carbonyl (C=O) groups is 2. The van der Waals surface area contributed by atoms with Crippen molar-refractivity contribution in [3.05, 3.63) is 35.4 Å². The molecular weight excluding hydrogens is 228 g/mol. The van der Waals surface area contributed by atoms with Crippen molar-refractivity contribution >= 4 is 11.8 Å². The van der Waals surface area contributed by atoms with Gasteiger partial charge < -0.3 is 0 Å². The van der Waals surface area contributed by atoms with E-state index in [1.54, 1.807) is 0 Å². The Balaban J connectivity index is 2.34. The van der Waals surface area contributed by atoms with E-state index in [9.17, 15) is 9.59 Å². The second-order valence-corrected chi connectivity index (χ2v) is 4.86. The van der Waals surface area contributed by atoms with Crippen LogP contribution in [0.5, 0.6) is 0 Å². The molecule has 4 heteroatoms. The second-order valence-electron chi connectivity index (χ2n) is 4.86. The molecule has 1 rings (SSSR count). The third-order valence-corrected chi connectivity index (χ3v) is 2.42. The molecule has 0 aliphatic heterocycles. The zero-order valence-corrected chi connectivity index (χ0v) is 11.1. The summed E-state index contributed by atoms with van der Waals surface area (Å²) in [6, 6.07) is 7.73. The standard InChI is InChI=1S/C14H20N2O2/c1-10(2)8-13(17)15-16-14(18)9-12-6-4-11(3)5-7-12/h4-7,10H,8-9H2,1-3H3,(H,15,17)(H,16,18). The number of nitrogens with one attached hydrogen (secondary N) is 2. The smallest absolute Gasteiger partial charge is 0.242 e. The molecule has 2 N–H and O–H groups in total. The van der Waals surface area contributed by atoms with Crippen molar-refractivity contribution in [3.8, 4) is 0 Å². The molecule has 0 aliphatic rings. The van der Waals surface area contributed by atoms with Gasteiger partial charge in [-0.1, -0.05) is 43.7 Å². The van der Waals surface area contributed by atoms with Crippen LogP contribution in [-0.2, 0) is 16.0 Å². The van der Waals surface area contributed by atoms with E-state index in [4.69, 9.17) is 0 Å². The number of amides is 2. The summed E-state index contributed by atoms with van der Waals surface area (Å²) in [5.41, 5.74) is 6.90. The van der Waals surface area contributed by atoms with E-state index < -0.39 is 0 Å². The lowest BCUT2D eigenvalue weighted by Crippen LogP contribution is -2.42. The molecule has 0 heterocycles. The maximum atomic E-state index is 11.6. The highest BCUT2D eigenvalue weighted by molar-refractivity contribution is 5.83. The Morgan fingerprint density at radius 3 is 2.17 bits per heavy atom. The summed E-state index contributed by atoms with van der Waals surface area (Å²) >= 11 is 0. The highest BCUT2D eigenvalue weighted by Crippen LogP contribution is 2.03. The molecule has 0 radical (unpaired) electrons. The van der Waals surface area contributed by atoms with Crippen LogP contribution < -0.4 is 10.9 Å². The van der Waals surface area contributed by atoms with Gasteiger partial charge in [0.2, 0.25) is 11.8 Å². The van der Waals surface area contributed by atoms with Crippen LogP contribution in [-0.4, -0.2) is 11.8 Å². The maximum Gasteiger partial charge on any atom is 0.242 e. The summed E-state index contributed by atoms with van der Waals surface area (Å²) < 4.78 is 0. The molecule has 2 amide bonds. The van der Waals surface area contributed by atoms with Gasteiger partial charge in [-0.2, -0.15) is 0 Å². The van der Waals surface area contributed by atoms with Gasteiger partial charge in [-0.3, -0.25) is 20.4 Å². The molecule has 1 aromatic carbocycles. The molecule has 0 bridgehead atoms. The van der Waals surface area contributed by atoms with Crippen LogP contribution in [0.4, 0.5) is 0 Å². The number of benzene rings is 1. The lowest BCUT2D eigenvalue weighted by atomic mass is 10.1. The fraction of sp³-hybridized carbons (Fsp3) is 0.429. The van der Waals surface area contributed by atoms with Crippen LogP contribution in [0.15, 0.2) is 24.3 Å². The molecule has 0 atom stereocenters. The minimum atomic E-state index is -0.212. The van der Waals surface area contributed by atoms with E-state index in [1.807, 2.05) is 45.0 Å². The van der Waals surface area contributed by atoms with E-state index in [1.165, 1.54) is 0 Å². The summed E-state index contributed by atoms with van der Waals surface area (Å²) in [5.74, 6) is -0.0998. The van der Waals surface area contributed by atoms with Crippen molar-refractivity contribution in [2.24, 2.45) is 5.92 Å². The largest absolute Gasteiger partial charge is 0.273 e. The third kappa shape index (κ3) is 5.48. The Labute approximate surface area is 108 Å². The molecule has 1 aromatic rings. The summed E-state index contributed by atoms with van der Waals surface area (Å²) in [4.78, 5) is 22.9. The van der Waals surface area contributed by atoms with Gasteiger partial charge in [0.15, 0.2) is 0 Å². The predicted molar refractivity (Wildman–Crippen MR) is 70.6 cm³/mol. The Morgan fingerprint density at radius 1 is 1.06 bits per heavy atom. The van der Waals surface area contributed by atoms with Crippen molar-refractivity contribution in [2.45, 2.75) is 33.6 Å². The minimum absolute atomic E-state index is 0.165. The lowest BCUT2D eigenvalue weighted by Gasteiger charge is -2.08. The highest BCUT2D eigenvalue weighted by atomic mass is 16.2. The van der Waals surface area contributed by atoms with Gasteiger partial charge in [0.1, 0.15) is 0 Å². The maximum absolute atomic E-state index is 11.6. The Bertz CT molecular complexity index is 410. The molecule has 0 aromatic heterocycles. The van der Waals surface area contributed by atoms with Gasteiger partial charge in [0.05, 0.1) is 6.42 Å². The first kappa shape index (κ1) is 14.2. The van der Waals surface area contributed by atoms with E-state index in [0.717, 1.165) is 11.1 Å². The van der Waals surface area contributed by atoms with Gasteiger partial charge in [0, 0.05) is 6.42 Å². The number of hydrogen-bond acceptors (Lipinski definition) is 2. The average Bonchev–Trinajstić information content (AvgIpc) is 2.29. The van der Waals surface area contributed by atoms with Gasteiger partial charge in [-0.05, 0) is 18.4 Å². The van der Waals surface area contributed by atoms with Crippen LogP contribution in [0.25, 0.3) is 0 Å². The first-order valence-corrected chi connectivity index (χ1v) is 6.10. The fourth-order valence-electron chi connectivity index (χ4n) is 1.50. The number of hydrazine groups is 1. The van der Waals surface area contributed by atoms with Crippen molar-refractivity contribution in [3.63, 3.8) is 0 Å². The molecule has 0 saturated heterocycles. The fourth-order valence-corrected chi connectivity index (χ4v) is 1.50. The summed E-state index contributed by atoms with van der Waals surface area (Å²) in [6.45, 7) is 5.90. The highest BCUT2D eigenvalue weighted by Gasteiger charge is 2.07. The first-order chi connectivity index (χ1) is 8.47. The van der Waals surface area contributed by atoms with Crippen molar-refractivity contribution in [2.75, 3.05) is 0 Å². The van der Waals surface area contributed by atoms with Crippen LogP contribution in [0.1, 0.15) is 31.4 Å². The number of aryl methyl sites for hydroxylation is 1. The zero-order valence-electron chi connectivity index (χ0n) is 11.1. The summed E-state index contributed by atoms with van der Waals surface area (Å²) in [5, 5.41) is 0. The van der Waals surface area contributed by atoms with Gasteiger partial charge in [-0.15, -0.1) is 0 Å². The Morgan fingerprint density at radius 2 is 1.61 bits per heavy atom. The zero-order chi connectivity index (χ0) is 13.5. The van der Waals surface area contributed by atoms with E-state index in [-0.39, 0.29) is 24.2 Å². The molecule has 0 fully saturated rings. The van der Waals surface area contributed by atoms with E-state index >= 15 is 0 Å². The van der Waals surface area contributed by atoms with Crippen LogP contribution >= 0.6 is 0 Å². The van der Waals surface area contributed by atoms with Gasteiger partial charge in [0.25, 0.3) is 0 Å². The van der Waals surface area contributed by atoms with Crippen molar-refractivity contribution in [1.29, 1.82) is 0 Å². The van der Waals surface area contributed by atoms with Crippen LogP contribution in [0.2, 0.25) is 0 Å². The molecular formula is C14H20N2O2. The molecule has 18 heavy (non-hydrogen) atoms. The Hall–Kier alpha value is -1.84. The molecule has 0 aliphatic carbocycles. The van der Waals surface area contributed by atoms with Crippen molar-refractivity contribution in [1.82, 2.24) is 10.9 Å². The molecule has 0 spiro atoms. The number of rotatable bonds is 4. The number of hydrogen-bond donors (Lipinski definition) is 2. The molecule has 4 nitrogen and oxygen atoms in total. The quantitative estimate of drug-likeness (QED) is 0.797. The number of carbonyl (C=O) groups excluding carboxylic acids is 2. The SMILES string of the molecule is Cc1ccc(CC(=O)NNC(=O)CC(C)C)cc1. The summed E-state index contributed by atoms with van der Waals surface area (Å²) in [6.07, 6.45) is 0.674. The van der Waals surface area contributed by atoms with E-state index in [2.05, 4.69) is 10.9 Å². The van der Waals surface area contributed by atoms with Crippen molar-refractivity contribution < 1.29 is 9.59 Å². The monoisotopic (exact) mass is 248 g/mol. The molecule has 0 saturated carbocycles. The van der Waals surface area contributed by atoms with Crippen LogP contribution in [0.3, 0.4) is 0 Å². The average molecular weight is 248 g/mol. The topological polar surface area (TPSA) is 58.2 Å². The minimum Gasteiger partial charge on any atom is -0.273 e. The summed E-state index contributed by atoms with van der Waals surface area (Å²) in [7, 11) is 0. The molecule has 0 unspecified atom stereocenters. The normalized spacial score (nSPS) is 10.2. The van der Waals surface area contributed by atoms with Gasteiger partial charge in [-0.25, -0.2) is 0 Å². The lowest BCUT2D eigenvalue weighted by molar-refractivity contribution is -0.129. The van der Waals surface area contributed by atoms with Gasteiger partial charge >= 0.3 is 0 Å². The second kappa shape index (κ2) is 6.79.